The third-order valence-electron chi connectivity index (χ3n) is 6.84. The first-order chi connectivity index (χ1) is 20.0. The van der Waals surface area contributed by atoms with Crippen molar-refractivity contribution in [1.82, 2.24) is 10.2 Å². The summed E-state index contributed by atoms with van der Waals surface area (Å²) in [6, 6.07) is 15.7. The predicted molar refractivity (Wildman–Crippen MR) is 160 cm³/mol. The van der Waals surface area contributed by atoms with Crippen molar-refractivity contribution in [2.24, 2.45) is 0 Å². The normalized spacial score (nSPS) is 11.9. The number of hydrogen-bond donors (Lipinski definition) is 1. The van der Waals surface area contributed by atoms with E-state index in [2.05, 4.69) is 5.32 Å². The number of aryl methyl sites for hydroxylation is 1. The number of nitrogens with one attached hydrogen (secondary N) is 1. The molecule has 0 aliphatic carbocycles. The van der Waals surface area contributed by atoms with Crippen molar-refractivity contribution in [3.8, 4) is 11.5 Å². The first-order valence-corrected chi connectivity index (χ1v) is 15.1. The van der Waals surface area contributed by atoms with Crippen LogP contribution in [0, 0.1) is 12.7 Å². The maximum absolute atomic E-state index is 14.7. The average molecular weight is 600 g/mol. The van der Waals surface area contributed by atoms with Crippen LogP contribution in [0.3, 0.4) is 0 Å². The molecule has 42 heavy (non-hydrogen) atoms. The molecule has 3 rings (SSSR count). The molecule has 3 aromatic carbocycles. The zero-order valence-electron chi connectivity index (χ0n) is 24.6. The van der Waals surface area contributed by atoms with Crippen LogP contribution < -0.4 is 19.1 Å². The minimum atomic E-state index is -4.27. The number of carbonyl (C=O) groups excluding carboxylic acids is 2. The van der Waals surface area contributed by atoms with Crippen LogP contribution in [0.25, 0.3) is 0 Å². The highest BCUT2D eigenvalue weighted by Crippen LogP contribution is 2.34. The third kappa shape index (κ3) is 7.79. The summed E-state index contributed by atoms with van der Waals surface area (Å²) in [5.74, 6) is -1.02. The van der Waals surface area contributed by atoms with Crippen molar-refractivity contribution in [2.75, 3.05) is 31.6 Å². The molecule has 0 radical (unpaired) electrons. The summed E-state index contributed by atoms with van der Waals surface area (Å²) < 4.78 is 54.3. The van der Waals surface area contributed by atoms with Crippen LogP contribution in [-0.2, 0) is 26.2 Å². The number of rotatable bonds is 14. The van der Waals surface area contributed by atoms with E-state index in [-0.39, 0.29) is 28.4 Å². The minimum Gasteiger partial charge on any atom is -0.493 e. The van der Waals surface area contributed by atoms with E-state index in [9.17, 15) is 22.4 Å². The molecule has 0 saturated carbocycles. The lowest BCUT2D eigenvalue weighted by Crippen LogP contribution is -2.51. The van der Waals surface area contributed by atoms with Crippen LogP contribution >= 0.6 is 0 Å². The van der Waals surface area contributed by atoms with Gasteiger partial charge in [-0.3, -0.25) is 13.9 Å². The Morgan fingerprint density at radius 2 is 1.64 bits per heavy atom. The Kier molecular flexibility index (Phi) is 11.3. The van der Waals surface area contributed by atoms with Gasteiger partial charge in [0.25, 0.3) is 10.0 Å². The first-order valence-electron chi connectivity index (χ1n) is 13.7. The Morgan fingerprint density at radius 1 is 0.976 bits per heavy atom. The van der Waals surface area contributed by atoms with E-state index < -0.39 is 40.2 Å². The van der Waals surface area contributed by atoms with E-state index in [4.69, 9.17) is 9.47 Å². The quantitative estimate of drug-likeness (QED) is 0.270. The number of sulfonamides is 1. The fraction of sp³-hybridized carbons (Fsp3) is 0.355. The lowest BCUT2D eigenvalue weighted by molar-refractivity contribution is -0.139. The third-order valence-corrected chi connectivity index (χ3v) is 8.63. The number of benzene rings is 3. The van der Waals surface area contributed by atoms with E-state index >= 15 is 0 Å². The second-order valence-electron chi connectivity index (χ2n) is 9.80. The number of anilines is 1. The van der Waals surface area contributed by atoms with Gasteiger partial charge in [-0.1, -0.05) is 49.2 Å². The van der Waals surface area contributed by atoms with Gasteiger partial charge in [-0.2, -0.15) is 0 Å². The van der Waals surface area contributed by atoms with Gasteiger partial charge in [-0.15, -0.1) is 0 Å². The van der Waals surface area contributed by atoms with Gasteiger partial charge in [0.2, 0.25) is 11.8 Å². The number of hydrogen-bond acceptors (Lipinski definition) is 6. The molecule has 0 fully saturated rings. The molecule has 1 N–H and O–H groups in total. The molecule has 1 unspecified atom stereocenters. The van der Waals surface area contributed by atoms with Crippen molar-refractivity contribution in [3.05, 3.63) is 83.7 Å². The lowest BCUT2D eigenvalue weighted by Gasteiger charge is -2.32. The summed E-state index contributed by atoms with van der Waals surface area (Å²) in [6.07, 6.45) is 1.62. The molecule has 0 bridgehead atoms. The van der Waals surface area contributed by atoms with Crippen molar-refractivity contribution < 1.29 is 31.9 Å². The smallest absolute Gasteiger partial charge is 0.264 e. The molecule has 3 aromatic rings. The second kappa shape index (κ2) is 14.7. The lowest BCUT2D eigenvalue weighted by atomic mass is 10.1. The summed E-state index contributed by atoms with van der Waals surface area (Å²) in [4.78, 5) is 28.2. The molecule has 2 amide bonds. The van der Waals surface area contributed by atoms with Gasteiger partial charge in [-0.05, 0) is 50.6 Å². The number of amides is 2. The molecule has 226 valence electrons. The molecule has 11 heteroatoms. The van der Waals surface area contributed by atoms with Crippen LogP contribution in [0.2, 0.25) is 0 Å². The highest BCUT2D eigenvalue weighted by molar-refractivity contribution is 7.92. The van der Waals surface area contributed by atoms with Gasteiger partial charge < -0.3 is 19.7 Å². The zero-order valence-corrected chi connectivity index (χ0v) is 25.4. The number of carbonyl (C=O) groups is 2. The molecule has 0 aliphatic heterocycles. The van der Waals surface area contributed by atoms with Crippen molar-refractivity contribution in [1.29, 1.82) is 0 Å². The van der Waals surface area contributed by atoms with Crippen LogP contribution in [0.1, 0.15) is 37.8 Å². The van der Waals surface area contributed by atoms with Crippen molar-refractivity contribution in [3.63, 3.8) is 0 Å². The minimum absolute atomic E-state index is 0.0262. The Morgan fingerprint density at radius 3 is 2.26 bits per heavy atom. The summed E-state index contributed by atoms with van der Waals surface area (Å²) in [5, 5.41) is 2.80. The van der Waals surface area contributed by atoms with Crippen LogP contribution in [0.5, 0.6) is 11.5 Å². The fourth-order valence-corrected chi connectivity index (χ4v) is 5.68. The molecule has 0 heterocycles. The van der Waals surface area contributed by atoms with E-state index in [1.54, 1.807) is 18.2 Å². The Hall–Kier alpha value is -4.12. The maximum atomic E-state index is 14.7. The number of nitrogens with zero attached hydrogens (tertiary/aromatic N) is 2. The topological polar surface area (TPSA) is 105 Å². The molecular formula is C31H38FN3O6S. The number of halogens is 1. The molecule has 0 spiro atoms. The monoisotopic (exact) mass is 599 g/mol. The summed E-state index contributed by atoms with van der Waals surface area (Å²) in [7, 11) is -1.40. The van der Waals surface area contributed by atoms with Gasteiger partial charge >= 0.3 is 0 Å². The second-order valence-corrected chi connectivity index (χ2v) is 11.7. The van der Waals surface area contributed by atoms with E-state index in [1.807, 2.05) is 13.8 Å². The Labute approximate surface area is 247 Å². The Bertz CT molecular complexity index is 1480. The SMILES string of the molecule is CCCCNC(=O)C(C)N(Cc1ccccc1F)C(=O)CN(c1ccc(OC)c(OC)c1)S(=O)(=O)c1ccc(C)cc1. The fourth-order valence-electron chi connectivity index (χ4n) is 4.28. The molecule has 1 atom stereocenters. The molecule has 0 aromatic heterocycles. The van der Waals surface area contributed by atoms with Gasteiger partial charge in [0.15, 0.2) is 11.5 Å². The number of methoxy groups -OCH3 is 2. The van der Waals surface area contributed by atoms with Gasteiger partial charge in [0.05, 0.1) is 24.8 Å². The van der Waals surface area contributed by atoms with E-state index in [0.29, 0.717) is 12.3 Å². The average Bonchev–Trinajstić information content (AvgIpc) is 2.98. The summed E-state index contributed by atoms with van der Waals surface area (Å²) in [6.45, 7) is 4.88. The highest BCUT2D eigenvalue weighted by atomic mass is 32.2. The summed E-state index contributed by atoms with van der Waals surface area (Å²) >= 11 is 0. The summed E-state index contributed by atoms with van der Waals surface area (Å²) in [5.41, 5.74) is 1.20. The predicted octanol–water partition coefficient (Wildman–Crippen LogP) is 4.68. The van der Waals surface area contributed by atoms with E-state index in [0.717, 1.165) is 22.7 Å². The van der Waals surface area contributed by atoms with Crippen LogP contribution in [0.15, 0.2) is 71.6 Å². The number of unbranched alkanes of at least 4 members (excludes halogenated alkanes) is 1. The van der Waals surface area contributed by atoms with Crippen LogP contribution in [-0.4, -0.2) is 58.5 Å². The van der Waals surface area contributed by atoms with E-state index in [1.165, 1.54) is 74.6 Å². The zero-order chi connectivity index (χ0) is 30.9. The Balaban J connectivity index is 2.07. The van der Waals surface area contributed by atoms with Gasteiger partial charge in [0.1, 0.15) is 18.4 Å². The van der Waals surface area contributed by atoms with Gasteiger partial charge in [-0.25, -0.2) is 12.8 Å². The van der Waals surface area contributed by atoms with Crippen molar-refractivity contribution >= 4 is 27.5 Å². The first kappa shape index (κ1) is 32.4. The maximum Gasteiger partial charge on any atom is 0.264 e. The highest BCUT2D eigenvalue weighted by Gasteiger charge is 2.33. The molecular weight excluding hydrogens is 561 g/mol. The molecule has 0 saturated heterocycles. The van der Waals surface area contributed by atoms with Crippen LogP contribution in [0.4, 0.5) is 10.1 Å². The van der Waals surface area contributed by atoms with Crippen molar-refractivity contribution in [2.45, 2.75) is 51.1 Å². The van der Waals surface area contributed by atoms with Gasteiger partial charge in [0, 0.05) is 24.7 Å². The number of ether oxygens (including phenoxy) is 2. The molecule has 0 aliphatic rings. The standard InChI is InChI=1S/C31H38FN3O6S/c1-6-7-18-33-31(37)23(3)34(20-24-10-8-9-11-27(24)32)30(36)21-35(25-14-17-28(40-4)29(19-25)41-5)42(38,39)26-15-12-22(2)13-16-26/h8-17,19,23H,6-7,18,20-21H2,1-5H3,(H,33,37). The largest absolute Gasteiger partial charge is 0.493 e. The molecule has 9 nitrogen and oxygen atoms in total.